The highest BCUT2D eigenvalue weighted by molar-refractivity contribution is 5.95. The van der Waals surface area contributed by atoms with Gasteiger partial charge in [0.2, 0.25) is 0 Å². The third kappa shape index (κ3) is 3.77. The number of piperidine rings is 1. The zero-order valence-electron chi connectivity index (χ0n) is 13.6. The molecule has 0 aromatic carbocycles. The number of aromatic nitrogens is 2. The van der Waals surface area contributed by atoms with Gasteiger partial charge in [-0.15, -0.1) is 12.4 Å². The monoisotopic (exact) mass is 314 g/mol. The molecule has 1 aliphatic heterocycles. The molecular weight excluding hydrogens is 288 g/mol. The lowest BCUT2D eigenvalue weighted by Crippen LogP contribution is -2.47. The number of nitrogens with one attached hydrogen (secondary N) is 1. The minimum atomic E-state index is -0.0992. The van der Waals surface area contributed by atoms with Gasteiger partial charge in [-0.3, -0.25) is 9.48 Å². The minimum Gasteiger partial charge on any atom is -0.337 e. The van der Waals surface area contributed by atoms with Crippen LogP contribution >= 0.6 is 12.4 Å². The first-order chi connectivity index (χ1) is 9.34. The van der Waals surface area contributed by atoms with Crippen molar-refractivity contribution in [1.29, 1.82) is 0 Å². The number of nitrogens with zero attached hydrogens (tertiary/aromatic N) is 3. The maximum Gasteiger partial charge on any atom is 0.257 e. The molecule has 0 spiro atoms. The molecule has 2 rings (SSSR count). The van der Waals surface area contributed by atoms with Crippen molar-refractivity contribution < 1.29 is 4.79 Å². The standard InChI is InChI=1S/C15H26N4O.ClH/c1-11-13(9-17-19(11)15(2,3)4)14(20)18-8-6-7-12(10-18)16-5;/h9,12,16H,6-8,10H2,1-5H3;1H. The highest BCUT2D eigenvalue weighted by Gasteiger charge is 2.27. The molecule has 1 amide bonds. The van der Waals surface area contributed by atoms with Crippen molar-refractivity contribution in [3.63, 3.8) is 0 Å². The Balaban J connectivity index is 0.00000220. The number of halogens is 1. The summed E-state index contributed by atoms with van der Waals surface area (Å²) in [5.41, 5.74) is 1.59. The van der Waals surface area contributed by atoms with Gasteiger partial charge in [-0.1, -0.05) is 0 Å². The van der Waals surface area contributed by atoms with Crippen molar-refractivity contribution in [3.8, 4) is 0 Å². The molecule has 1 unspecified atom stereocenters. The van der Waals surface area contributed by atoms with Gasteiger partial charge < -0.3 is 10.2 Å². The van der Waals surface area contributed by atoms with E-state index in [-0.39, 0.29) is 23.9 Å². The highest BCUT2D eigenvalue weighted by atomic mass is 35.5. The zero-order valence-corrected chi connectivity index (χ0v) is 14.5. The van der Waals surface area contributed by atoms with Gasteiger partial charge in [0, 0.05) is 24.8 Å². The van der Waals surface area contributed by atoms with Crippen molar-refractivity contribution in [2.75, 3.05) is 20.1 Å². The molecule has 1 aliphatic rings. The fourth-order valence-corrected chi connectivity index (χ4v) is 2.86. The Morgan fingerprint density at radius 1 is 1.43 bits per heavy atom. The predicted octanol–water partition coefficient (Wildman–Crippen LogP) is 2.19. The van der Waals surface area contributed by atoms with E-state index in [1.165, 1.54) is 0 Å². The van der Waals surface area contributed by atoms with Crippen molar-refractivity contribution >= 4 is 18.3 Å². The average molecular weight is 315 g/mol. The van der Waals surface area contributed by atoms with E-state index in [2.05, 4.69) is 31.2 Å². The second kappa shape index (κ2) is 6.79. The quantitative estimate of drug-likeness (QED) is 0.910. The number of hydrogen-bond donors (Lipinski definition) is 1. The minimum absolute atomic E-state index is 0. The molecule has 1 aromatic rings. The van der Waals surface area contributed by atoms with E-state index in [0.717, 1.165) is 37.2 Å². The van der Waals surface area contributed by atoms with E-state index in [4.69, 9.17) is 0 Å². The van der Waals surface area contributed by atoms with E-state index in [1.54, 1.807) is 6.20 Å². The Morgan fingerprint density at radius 3 is 2.62 bits per heavy atom. The summed E-state index contributed by atoms with van der Waals surface area (Å²) in [6.07, 6.45) is 3.91. The van der Waals surface area contributed by atoms with E-state index in [1.807, 2.05) is 23.6 Å². The predicted molar refractivity (Wildman–Crippen MR) is 87.2 cm³/mol. The number of carbonyl (C=O) groups is 1. The van der Waals surface area contributed by atoms with Gasteiger partial charge in [0.1, 0.15) is 0 Å². The Morgan fingerprint density at radius 2 is 2.10 bits per heavy atom. The fourth-order valence-electron chi connectivity index (χ4n) is 2.86. The number of hydrogen-bond acceptors (Lipinski definition) is 3. The van der Waals surface area contributed by atoms with Gasteiger partial charge in [-0.2, -0.15) is 5.10 Å². The van der Waals surface area contributed by atoms with Crippen LogP contribution in [0.15, 0.2) is 6.20 Å². The summed E-state index contributed by atoms with van der Waals surface area (Å²) in [6, 6.07) is 0.408. The van der Waals surface area contributed by atoms with Gasteiger partial charge in [0.15, 0.2) is 0 Å². The maximum absolute atomic E-state index is 12.7. The Kier molecular flexibility index (Phi) is 5.82. The van der Waals surface area contributed by atoms with Crippen molar-refractivity contribution in [2.24, 2.45) is 0 Å². The number of likely N-dealkylation sites (N-methyl/N-ethyl adjacent to an activating group) is 1. The van der Waals surface area contributed by atoms with Crippen molar-refractivity contribution in [3.05, 3.63) is 17.5 Å². The van der Waals surface area contributed by atoms with Crippen LogP contribution in [0.5, 0.6) is 0 Å². The molecule has 5 nitrogen and oxygen atoms in total. The smallest absolute Gasteiger partial charge is 0.257 e. The Labute approximate surface area is 133 Å². The maximum atomic E-state index is 12.7. The number of carbonyl (C=O) groups excluding carboxylic acids is 1. The van der Waals surface area contributed by atoms with E-state index < -0.39 is 0 Å². The lowest BCUT2D eigenvalue weighted by atomic mass is 10.0. The first-order valence-corrected chi connectivity index (χ1v) is 7.36. The molecule has 6 heteroatoms. The van der Waals surface area contributed by atoms with Crippen LogP contribution in [0.3, 0.4) is 0 Å². The summed E-state index contributed by atoms with van der Waals surface area (Å²) >= 11 is 0. The number of likely N-dealkylation sites (tertiary alicyclic amines) is 1. The molecule has 120 valence electrons. The molecule has 1 fully saturated rings. The van der Waals surface area contributed by atoms with Gasteiger partial charge >= 0.3 is 0 Å². The van der Waals surface area contributed by atoms with Crippen LogP contribution < -0.4 is 5.32 Å². The third-order valence-electron chi connectivity index (χ3n) is 3.99. The fraction of sp³-hybridized carbons (Fsp3) is 0.733. The van der Waals surface area contributed by atoms with E-state index >= 15 is 0 Å². The van der Waals surface area contributed by atoms with Crippen molar-refractivity contribution in [2.45, 2.75) is 52.1 Å². The summed E-state index contributed by atoms with van der Waals surface area (Å²) in [4.78, 5) is 14.6. The van der Waals surface area contributed by atoms with Crippen LogP contribution in [0.4, 0.5) is 0 Å². The molecule has 1 atom stereocenters. The van der Waals surface area contributed by atoms with Crippen LogP contribution in [0.2, 0.25) is 0 Å². The molecule has 1 saturated heterocycles. The summed E-state index contributed by atoms with van der Waals surface area (Å²) < 4.78 is 1.93. The van der Waals surface area contributed by atoms with Crippen LogP contribution in [0.1, 0.15) is 49.7 Å². The first kappa shape index (κ1) is 18.0. The summed E-state index contributed by atoms with van der Waals surface area (Å²) in [6.45, 7) is 9.90. The van der Waals surface area contributed by atoms with Gasteiger partial charge in [-0.25, -0.2) is 0 Å². The van der Waals surface area contributed by atoms with E-state index in [9.17, 15) is 4.79 Å². The second-order valence-electron chi connectivity index (χ2n) is 6.61. The SMILES string of the molecule is CNC1CCCN(C(=O)c2cnn(C(C)(C)C)c2C)C1.Cl. The number of amides is 1. The number of rotatable bonds is 2. The summed E-state index contributed by atoms with van der Waals surface area (Å²) in [5.74, 6) is 0.109. The molecule has 1 N–H and O–H groups in total. The third-order valence-corrected chi connectivity index (χ3v) is 3.99. The molecule has 0 saturated carbocycles. The van der Waals surface area contributed by atoms with Gasteiger partial charge in [-0.05, 0) is 47.6 Å². The lowest BCUT2D eigenvalue weighted by Gasteiger charge is -2.32. The summed E-state index contributed by atoms with van der Waals surface area (Å²) in [7, 11) is 1.96. The lowest BCUT2D eigenvalue weighted by molar-refractivity contribution is 0.0697. The molecule has 0 radical (unpaired) electrons. The van der Waals surface area contributed by atoms with E-state index in [0.29, 0.717) is 6.04 Å². The highest BCUT2D eigenvalue weighted by Crippen LogP contribution is 2.21. The van der Waals surface area contributed by atoms with Crippen LogP contribution in [0, 0.1) is 6.92 Å². The topological polar surface area (TPSA) is 50.2 Å². The normalized spacial score (nSPS) is 19.3. The second-order valence-corrected chi connectivity index (χ2v) is 6.61. The Bertz CT molecular complexity index is 492. The molecule has 0 bridgehead atoms. The Hall–Kier alpha value is -1.07. The molecule has 2 heterocycles. The van der Waals surface area contributed by atoms with Gasteiger partial charge in [0.25, 0.3) is 5.91 Å². The van der Waals surface area contributed by atoms with Crippen molar-refractivity contribution in [1.82, 2.24) is 20.0 Å². The van der Waals surface area contributed by atoms with Gasteiger partial charge in [0.05, 0.1) is 17.3 Å². The first-order valence-electron chi connectivity index (χ1n) is 7.36. The largest absolute Gasteiger partial charge is 0.337 e. The molecule has 0 aliphatic carbocycles. The van der Waals surface area contributed by atoms with Crippen LogP contribution in [-0.2, 0) is 5.54 Å². The zero-order chi connectivity index (χ0) is 14.9. The summed E-state index contributed by atoms with van der Waals surface area (Å²) in [5, 5.41) is 7.67. The molecular formula is C15H27ClN4O. The molecule has 21 heavy (non-hydrogen) atoms. The average Bonchev–Trinajstić information content (AvgIpc) is 2.79. The van der Waals surface area contributed by atoms with Crippen LogP contribution in [-0.4, -0.2) is 46.8 Å². The van der Waals surface area contributed by atoms with Crippen LogP contribution in [0.25, 0.3) is 0 Å². The molecule has 1 aromatic heterocycles.